The highest BCUT2D eigenvalue weighted by Crippen LogP contribution is 2.33. The predicted octanol–water partition coefficient (Wildman–Crippen LogP) is 4.02. The lowest BCUT2D eigenvalue weighted by molar-refractivity contribution is -0.143. The van der Waals surface area contributed by atoms with Crippen LogP contribution in [0, 0.1) is 11.8 Å². The van der Waals surface area contributed by atoms with Crippen molar-refractivity contribution in [2.75, 3.05) is 5.32 Å². The fourth-order valence-electron chi connectivity index (χ4n) is 2.76. The topological polar surface area (TPSA) is 66.4 Å². The molecule has 0 heterocycles. The first-order chi connectivity index (χ1) is 10.5. The number of aliphatic carboxylic acids is 1. The number of benzene rings is 1. The van der Waals surface area contributed by atoms with E-state index in [2.05, 4.69) is 19.2 Å². The first kappa shape index (κ1) is 16.9. The molecule has 1 fully saturated rings. The molecule has 0 aromatic heterocycles. The number of thioether (sulfide) groups is 1. The van der Waals surface area contributed by atoms with E-state index in [1.165, 1.54) is 0 Å². The number of carboxylic acids is 1. The molecule has 2 rings (SSSR count). The van der Waals surface area contributed by atoms with Gasteiger partial charge < -0.3 is 10.4 Å². The molecule has 0 aliphatic heterocycles. The van der Waals surface area contributed by atoms with Crippen LogP contribution in [-0.2, 0) is 9.59 Å². The van der Waals surface area contributed by atoms with Crippen molar-refractivity contribution in [2.24, 2.45) is 11.8 Å². The third kappa shape index (κ3) is 4.50. The minimum absolute atomic E-state index is 0.0145. The van der Waals surface area contributed by atoms with Crippen LogP contribution in [0.5, 0.6) is 0 Å². The number of carbonyl (C=O) groups excluding carboxylic acids is 1. The van der Waals surface area contributed by atoms with Gasteiger partial charge in [0, 0.05) is 16.1 Å². The average molecular weight is 321 g/mol. The van der Waals surface area contributed by atoms with Gasteiger partial charge in [-0.15, -0.1) is 11.8 Å². The summed E-state index contributed by atoms with van der Waals surface area (Å²) in [6.45, 7) is 4.24. The lowest BCUT2D eigenvalue weighted by atomic mass is 9.81. The first-order valence-electron chi connectivity index (χ1n) is 7.76. The van der Waals surface area contributed by atoms with Crippen molar-refractivity contribution in [1.82, 2.24) is 0 Å². The quantitative estimate of drug-likeness (QED) is 0.804. The Morgan fingerprint density at radius 3 is 2.32 bits per heavy atom. The minimum atomic E-state index is -0.738. The Morgan fingerprint density at radius 2 is 1.73 bits per heavy atom. The fourth-order valence-corrected chi connectivity index (χ4v) is 3.67. The van der Waals surface area contributed by atoms with Crippen LogP contribution in [-0.4, -0.2) is 22.2 Å². The molecule has 120 valence electrons. The summed E-state index contributed by atoms with van der Waals surface area (Å²) in [6.07, 6.45) is 2.50. The summed E-state index contributed by atoms with van der Waals surface area (Å²) >= 11 is 1.73. The monoisotopic (exact) mass is 321 g/mol. The second kappa shape index (κ2) is 7.68. The smallest absolute Gasteiger partial charge is 0.306 e. The van der Waals surface area contributed by atoms with Gasteiger partial charge in [-0.1, -0.05) is 26.0 Å². The number of anilines is 1. The van der Waals surface area contributed by atoms with E-state index in [1.807, 2.05) is 24.3 Å². The van der Waals surface area contributed by atoms with Crippen molar-refractivity contribution in [1.29, 1.82) is 0 Å². The van der Waals surface area contributed by atoms with Crippen molar-refractivity contribution < 1.29 is 14.7 Å². The van der Waals surface area contributed by atoms with Gasteiger partial charge in [-0.3, -0.25) is 9.59 Å². The Bertz CT molecular complexity index is 536. The van der Waals surface area contributed by atoms with Crippen LogP contribution >= 0.6 is 11.8 Å². The number of nitrogens with one attached hydrogen (secondary N) is 1. The molecular formula is C17H23NO3S. The van der Waals surface area contributed by atoms with Crippen LogP contribution in [0.25, 0.3) is 0 Å². The van der Waals surface area contributed by atoms with Gasteiger partial charge in [0.2, 0.25) is 5.91 Å². The Balaban J connectivity index is 1.97. The van der Waals surface area contributed by atoms with E-state index in [9.17, 15) is 9.59 Å². The van der Waals surface area contributed by atoms with E-state index in [1.54, 1.807) is 11.8 Å². The summed E-state index contributed by atoms with van der Waals surface area (Å²) in [4.78, 5) is 24.5. The van der Waals surface area contributed by atoms with Gasteiger partial charge in [0.15, 0.2) is 0 Å². The summed E-state index contributed by atoms with van der Waals surface area (Å²) in [6, 6.07) is 7.83. The van der Waals surface area contributed by atoms with Crippen molar-refractivity contribution >= 4 is 29.3 Å². The largest absolute Gasteiger partial charge is 0.481 e. The molecule has 2 N–H and O–H groups in total. The SMILES string of the molecule is CC(C)Sc1ccccc1NC(=O)C1CCC(C(=O)O)CC1. The zero-order valence-corrected chi connectivity index (χ0v) is 13.9. The number of hydrogen-bond acceptors (Lipinski definition) is 3. The number of para-hydroxylation sites is 1. The number of hydrogen-bond donors (Lipinski definition) is 2. The molecule has 0 radical (unpaired) electrons. The number of carboxylic acid groups (broad SMARTS) is 1. The number of amides is 1. The van der Waals surface area contributed by atoms with Crippen LogP contribution in [0.4, 0.5) is 5.69 Å². The Kier molecular flexibility index (Phi) is 5.89. The van der Waals surface area contributed by atoms with Gasteiger partial charge >= 0.3 is 5.97 Å². The molecule has 0 saturated heterocycles. The second-order valence-corrected chi connectivity index (χ2v) is 7.66. The highest BCUT2D eigenvalue weighted by molar-refractivity contribution is 8.00. The number of rotatable bonds is 5. The summed E-state index contributed by atoms with van der Waals surface area (Å²) in [7, 11) is 0. The Labute approximate surface area is 135 Å². The van der Waals surface area contributed by atoms with Gasteiger partial charge in [0.25, 0.3) is 0 Å². The van der Waals surface area contributed by atoms with Crippen molar-refractivity contribution in [3.8, 4) is 0 Å². The molecule has 22 heavy (non-hydrogen) atoms. The summed E-state index contributed by atoms with van der Waals surface area (Å²) in [5.41, 5.74) is 0.853. The summed E-state index contributed by atoms with van der Waals surface area (Å²) in [5.74, 6) is -1.08. The highest BCUT2D eigenvalue weighted by atomic mass is 32.2. The maximum atomic E-state index is 12.4. The first-order valence-corrected chi connectivity index (χ1v) is 8.64. The molecule has 0 spiro atoms. The van der Waals surface area contributed by atoms with Gasteiger partial charge in [0.05, 0.1) is 11.6 Å². The van der Waals surface area contributed by atoms with Crippen LogP contribution in [0.15, 0.2) is 29.2 Å². The molecular weight excluding hydrogens is 298 g/mol. The molecule has 1 aromatic rings. The fraction of sp³-hybridized carbons (Fsp3) is 0.529. The molecule has 1 aromatic carbocycles. The lowest BCUT2D eigenvalue weighted by Gasteiger charge is -2.25. The van der Waals surface area contributed by atoms with Gasteiger partial charge in [-0.05, 0) is 37.8 Å². The van der Waals surface area contributed by atoms with Crippen molar-refractivity contribution in [3.05, 3.63) is 24.3 Å². The van der Waals surface area contributed by atoms with E-state index < -0.39 is 5.97 Å². The van der Waals surface area contributed by atoms with Crippen LogP contribution in [0.2, 0.25) is 0 Å². The molecule has 1 amide bonds. The molecule has 0 bridgehead atoms. The third-order valence-corrected chi connectivity index (χ3v) is 5.04. The molecule has 1 aliphatic carbocycles. The maximum Gasteiger partial charge on any atom is 0.306 e. The summed E-state index contributed by atoms with van der Waals surface area (Å²) in [5, 5.41) is 12.5. The van der Waals surface area contributed by atoms with E-state index in [0.29, 0.717) is 30.9 Å². The van der Waals surface area contributed by atoms with Crippen LogP contribution in [0.1, 0.15) is 39.5 Å². The molecule has 1 saturated carbocycles. The Morgan fingerprint density at radius 1 is 1.14 bits per heavy atom. The summed E-state index contributed by atoms with van der Waals surface area (Å²) < 4.78 is 0. The van der Waals surface area contributed by atoms with E-state index in [4.69, 9.17) is 5.11 Å². The zero-order chi connectivity index (χ0) is 16.1. The zero-order valence-electron chi connectivity index (χ0n) is 13.0. The van der Waals surface area contributed by atoms with Gasteiger partial charge in [-0.2, -0.15) is 0 Å². The molecule has 0 atom stereocenters. The average Bonchev–Trinajstić information content (AvgIpc) is 2.48. The minimum Gasteiger partial charge on any atom is -0.481 e. The molecule has 4 nitrogen and oxygen atoms in total. The Hall–Kier alpha value is -1.49. The van der Waals surface area contributed by atoms with E-state index in [-0.39, 0.29) is 17.7 Å². The van der Waals surface area contributed by atoms with E-state index in [0.717, 1.165) is 10.6 Å². The van der Waals surface area contributed by atoms with Gasteiger partial charge in [0.1, 0.15) is 0 Å². The van der Waals surface area contributed by atoms with E-state index >= 15 is 0 Å². The normalized spacial score (nSPS) is 21.6. The second-order valence-electron chi connectivity index (χ2n) is 6.04. The molecule has 1 aliphatic rings. The van der Waals surface area contributed by atoms with Crippen LogP contribution < -0.4 is 5.32 Å². The number of carbonyl (C=O) groups is 2. The maximum absolute atomic E-state index is 12.4. The lowest BCUT2D eigenvalue weighted by Crippen LogP contribution is -2.29. The standard InChI is InChI=1S/C17H23NO3S/c1-11(2)22-15-6-4-3-5-14(15)18-16(19)12-7-9-13(10-8-12)17(20)21/h3-6,11-13H,7-10H2,1-2H3,(H,18,19)(H,20,21). The van der Waals surface area contributed by atoms with Crippen molar-refractivity contribution in [3.63, 3.8) is 0 Å². The van der Waals surface area contributed by atoms with Crippen LogP contribution in [0.3, 0.4) is 0 Å². The molecule has 5 heteroatoms. The van der Waals surface area contributed by atoms with Crippen molar-refractivity contribution in [2.45, 2.75) is 49.7 Å². The highest BCUT2D eigenvalue weighted by Gasteiger charge is 2.29. The third-order valence-electron chi connectivity index (χ3n) is 3.95. The van der Waals surface area contributed by atoms with Gasteiger partial charge in [-0.25, -0.2) is 0 Å². The molecule has 0 unspecified atom stereocenters. The predicted molar refractivity (Wildman–Crippen MR) is 89.1 cm³/mol.